The molecule has 0 atom stereocenters. The summed E-state index contributed by atoms with van der Waals surface area (Å²) in [4.78, 5) is 25.4. The van der Waals surface area contributed by atoms with E-state index in [4.69, 9.17) is 4.74 Å². The van der Waals surface area contributed by atoms with Crippen molar-refractivity contribution in [3.8, 4) is 0 Å². The molecule has 134 valence electrons. The fourth-order valence-corrected chi connectivity index (χ4v) is 2.93. The van der Waals surface area contributed by atoms with E-state index >= 15 is 0 Å². The van der Waals surface area contributed by atoms with Crippen LogP contribution >= 0.6 is 11.8 Å². The van der Waals surface area contributed by atoms with Crippen molar-refractivity contribution in [3.05, 3.63) is 0 Å². The van der Waals surface area contributed by atoms with Gasteiger partial charge >= 0.3 is 5.97 Å². The van der Waals surface area contributed by atoms with Crippen LogP contribution in [-0.2, 0) is 14.3 Å². The van der Waals surface area contributed by atoms with Crippen molar-refractivity contribution in [3.63, 3.8) is 0 Å². The number of carbonyl (C=O) groups is 2. The van der Waals surface area contributed by atoms with Crippen LogP contribution in [0.1, 0.15) is 52.5 Å². The molecule has 1 saturated carbocycles. The monoisotopic (exact) mass is 355 g/mol. The van der Waals surface area contributed by atoms with Gasteiger partial charge in [-0.1, -0.05) is 11.8 Å². The van der Waals surface area contributed by atoms with Crippen LogP contribution in [0.15, 0.2) is 5.16 Å². The predicted molar refractivity (Wildman–Crippen MR) is 89.5 cm³/mol. The highest BCUT2D eigenvalue weighted by Gasteiger charge is 2.28. The standard InChI is InChI=1S/C15H25N5O3S/c1-15(2,3)23-13(22)6-5-9-19(4)12(21)10-24-14-16-17-18-20(14)11-7-8-11/h11H,5-10H2,1-4H3. The molecule has 1 heterocycles. The van der Waals surface area contributed by atoms with Crippen molar-refractivity contribution in [1.29, 1.82) is 0 Å². The number of ether oxygens (including phenoxy) is 1. The number of rotatable bonds is 8. The predicted octanol–water partition coefficient (Wildman–Crippen LogP) is 1.68. The average molecular weight is 355 g/mol. The molecule has 0 aromatic carbocycles. The van der Waals surface area contributed by atoms with E-state index in [0.717, 1.165) is 12.8 Å². The molecule has 0 aliphatic heterocycles. The summed E-state index contributed by atoms with van der Waals surface area (Å²) in [5, 5.41) is 12.3. The molecule has 0 N–H and O–H groups in total. The van der Waals surface area contributed by atoms with Crippen LogP contribution in [0.4, 0.5) is 0 Å². The summed E-state index contributed by atoms with van der Waals surface area (Å²) in [6.07, 6.45) is 3.08. The van der Waals surface area contributed by atoms with Crippen LogP contribution in [-0.4, -0.2) is 61.9 Å². The number of amides is 1. The van der Waals surface area contributed by atoms with E-state index in [1.807, 2.05) is 20.8 Å². The van der Waals surface area contributed by atoms with Crippen LogP contribution in [0.25, 0.3) is 0 Å². The lowest BCUT2D eigenvalue weighted by atomic mass is 10.2. The molecule has 0 saturated heterocycles. The van der Waals surface area contributed by atoms with Gasteiger partial charge in [-0.25, -0.2) is 4.68 Å². The Morgan fingerprint density at radius 3 is 2.71 bits per heavy atom. The molecule has 24 heavy (non-hydrogen) atoms. The number of aromatic nitrogens is 4. The zero-order valence-corrected chi connectivity index (χ0v) is 15.5. The Bertz CT molecular complexity index is 580. The molecule has 1 aliphatic carbocycles. The van der Waals surface area contributed by atoms with Gasteiger partial charge in [0.1, 0.15) is 5.60 Å². The molecule has 1 amide bonds. The normalized spacial score (nSPS) is 14.5. The molecule has 0 bridgehead atoms. The summed E-state index contributed by atoms with van der Waals surface area (Å²) in [7, 11) is 1.74. The van der Waals surface area contributed by atoms with Gasteiger partial charge < -0.3 is 9.64 Å². The van der Waals surface area contributed by atoms with E-state index < -0.39 is 5.60 Å². The van der Waals surface area contributed by atoms with Crippen LogP contribution in [0.5, 0.6) is 0 Å². The third-order valence-electron chi connectivity index (χ3n) is 3.40. The Labute approximate surface area is 146 Å². The van der Waals surface area contributed by atoms with Gasteiger partial charge in [0, 0.05) is 20.0 Å². The van der Waals surface area contributed by atoms with Gasteiger partial charge in [-0.15, -0.1) is 5.10 Å². The van der Waals surface area contributed by atoms with E-state index in [0.29, 0.717) is 30.6 Å². The van der Waals surface area contributed by atoms with E-state index in [9.17, 15) is 9.59 Å². The number of nitrogens with zero attached hydrogens (tertiary/aromatic N) is 5. The second kappa shape index (κ2) is 7.96. The van der Waals surface area contributed by atoms with Gasteiger partial charge in [0.25, 0.3) is 0 Å². The van der Waals surface area contributed by atoms with Crippen molar-refractivity contribution in [1.82, 2.24) is 25.1 Å². The highest BCUT2D eigenvalue weighted by molar-refractivity contribution is 7.99. The zero-order valence-electron chi connectivity index (χ0n) is 14.7. The lowest BCUT2D eigenvalue weighted by Crippen LogP contribution is -2.30. The van der Waals surface area contributed by atoms with Crippen molar-refractivity contribution < 1.29 is 14.3 Å². The SMILES string of the molecule is CN(CCCC(=O)OC(C)(C)C)C(=O)CSc1nnnn1C1CC1. The summed E-state index contributed by atoms with van der Waals surface area (Å²) in [6, 6.07) is 0.393. The Kier molecular flexibility index (Phi) is 6.20. The summed E-state index contributed by atoms with van der Waals surface area (Å²) in [5.74, 6) is 0.0478. The number of esters is 1. The largest absolute Gasteiger partial charge is 0.460 e. The van der Waals surface area contributed by atoms with Gasteiger partial charge in [-0.05, 0) is 50.5 Å². The van der Waals surface area contributed by atoms with Gasteiger partial charge in [0.05, 0.1) is 11.8 Å². The molecule has 1 aromatic rings. The highest BCUT2D eigenvalue weighted by atomic mass is 32.2. The number of tetrazole rings is 1. The van der Waals surface area contributed by atoms with Gasteiger partial charge in [0.15, 0.2) is 0 Å². The first-order valence-electron chi connectivity index (χ1n) is 8.13. The highest BCUT2D eigenvalue weighted by Crippen LogP contribution is 2.36. The molecular formula is C15H25N5O3S. The maximum Gasteiger partial charge on any atom is 0.306 e. The first kappa shape index (κ1) is 18.7. The van der Waals surface area contributed by atoms with E-state index in [1.54, 1.807) is 16.6 Å². The second-order valence-corrected chi connectivity index (χ2v) is 7.87. The van der Waals surface area contributed by atoms with Crippen LogP contribution < -0.4 is 0 Å². The van der Waals surface area contributed by atoms with Gasteiger partial charge in [-0.2, -0.15) is 0 Å². The Hall–Kier alpha value is -1.64. The summed E-state index contributed by atoms with van der Waals surface area (Å²) >= 11 is 1.35. The minimum absolute atomic E-state index is 0.00506. The molecule has 2 rings (SSSR count). The van der Waals surface area contributed by atoms with Crippen molar-refractivity contribution in [2.75, 3.05) is 19.3 Å². The summed E-state index contributed by atoms with van der Waals surface area (Å²) in [6.45, 7) is 6.04. The number of hydrogen-bond donors (Lipinski definition) is 0. The van der Waals surface area contributed by atoms with E-state index in [1.165, 1.54) is 11.8 Å². The van der Waals surface area contributed by atoms with Gasteiger partial charge in [0.2, 0.25) is 11.1 Å². The molecule has 0 unspecified atom stereocenters. The first-order chi connectivity index (χ1) is 11.3. The fraction of sp³-hybridized carbons (Fsp3) is 0.800. The van der Waals surface area contributed by atoms with Crippen molar-refractivity contribution >= 4 is 23.6 Å². The lowest BCUT2D eigenvalue weighted by Gasteiger charge is -2.20. The number of thioether (sulfide) groups is 1. The maximum absolute atomic E-state index is 12.2. The van der Waals surface area contributed by atoms with E-state index in [2.05, 4.69) is 15.5 Å². The zero-order chi connectivity index (χ0) is 17.7. The number of hydrogen-bond acceptors (Lipinski definition) is 7. The molecule has 8 nitrogen and oxygen atoms in total. The Morgan fingerprint density at radius 1 is 1.38 bits per heavy atom. The molecule has 0 spiro atoms. The van der Waals surface area contributed by atoms with Crippen LogP contribution in [0.3, 0.4) is 0 Å². The number of carbonyl (C=O) groups excluding carboxylic acids is 2. The Balaban J connectivity index is 1.66. The maximum atomic E-state index is 12.2. The summed E-state index contributed by atoms with van der Waals surface area (Å²) in [5.41, 5.74) is -0.471. The molecule has 1 aromatic heterocycles. The molecule has 1 aliphatic rings. The minimum Gasteiger partial charge on any atom is -0.460 e. The van der Waals surface area contributed by atoms with Gasteiger partial charge in [-0.3, -0.25) is 9.59 Å². The quantitative estimate of drug-likeness (QED) is 0.517. The second-order valence-electron chi connectivity index (χ2n) is 6.93. The summed E-state index contributed by atoms with van der Waals surface area (Å²) < 4.78 is 7.04. The molecule has 9 heteroatoms. The average Bonchev–Trinajstić information content (AvgIpc) is 3.21. The van der Waals surface area contributed by atoms with Crippen LogP contribution in [0.2, 0.25) is 0 Å². The fourth-order valence-electron chi connectivity index (χ4n) is 2.04. The van der Waals surface area contributed by atoms with Crippen LogP contribution in [0, 0.1) is 0 Å². The third kappa shape index (κ3) is 6.10. The lowest BCUT2D eigenvalue weighted by molar-refractivity contribution is -0.155. The third-order valence-corrected chi connectivity index (χ3v) is 4.32. The molecule has 0 radical (unpaired) electrons. The minimum atomic E-state index is -0.471. The van der Waals surface area contributed by atoms with E-state index in [-0.39, 0.29) is 17.6 Å². The first-order valence-corrected chi connectivity index (χ1v) is 9.11. The topological polar surface area (TPSA) is 90.2 Å². The molecular weight excluding hydrogens is 330 g/mol. The Morgan fingerprint density at radius 2 is 2.08 bits per heavy atom. The van der Waals surface area contributed by atoms with Crippen molar-refractivity contribution in [2.24, 2.45) is 0 Å². The van der Waals surface area contributed by atoms with Crippen molar-refractivity contribution in [2.45, 2.75) is 63.3 Å². The molecule has 1 fully saturated rings. The smallest absolute Gasteiger partial charge is 0.306 e.